The van der Waals surface area contributed by atoms with E-state index in [2.05, 4.69) is 55.6 Å². The van der Waals surface area contributed by atoms with Crippen LogP contribution in [-0.4, -0.2) is 41.9 Å². The Morgan fingerprint density at radius 1 is 0.848 bits per heavy atom. The number of hydrogen-bond acceptors (Lipinski definition) is 4. The van der Waals surface area contributed by atoms with Crippen molar-refractivity contribution in [2.75, 3.05) is 5.75 Å². The maximum absolute atomic E-state index is 12.2. The Balaban J connectivity index is 4.20. The van der Waals surface area contributed by atoms with Gasteiger partial charge in [0.15, 0.2) is 0 Å². The molecule has 33 heavy (non-hydrogen) atoms. The first-order chi connectivity index (χ1) is 15.8. The summed E-state index contributed by atoms with van der Waals surface area (Å²) in [6, 6.07) is -1.07. The van der Waals surface area contributed by atoms with Crippen molar-refractivity contribution in [2.45, 2.75) is 103 Å². The van der Waals surface area contributed by atoms with E-state index in [1.54, 1.807) is 6.08 Å². The lowest BCUT2D eigenvalue weighted by Crippen LogP contribution is -2.46. The minimum atomic E-state index is -4.33. The van der Waals surface area contributed by atoms with E-state index in [1.807, 2.05) is 0 Å². The van der Waals surface area contributed by atoms with Crippen molar-refractivity contribution in [3.05, 3.63) is 48.6 Å². The van der Waals surface area contributed by atoms with Gasteiger partial charge in [-0.1, -0.05) is 81.7 Å². The van der Waals surface area contributed by atoms with Crippen molar-refractivity contribution in [3.8, 4) is 0 Å². The van der Waals surface area contributed by atoms with Crippen LogP contribution in [0, 0.1) is 0 Å². The predicted octanol–water partition coefficient (Wildman–Crippen LogP) is 5.67. The highest BCUT2D eigenvalue weighted by molar-refractivity contribution is 7.85. The zero-order valence-corrected chi connectivity index (χ0v) is 21.3. The lowest BCUT2D eigenvalue weighted by Gasteiger charge is -2.21. The molecule has 0 aliphatic rings. The van der Waals surface area contributed by atoms with Gasteiger partial charge < -0.3 is 10.4 Å². The van der Waals surface area contributed by atoms with Gasteiger partial charge in [-0.05, 0) is 51.4 Å². The molecule has 1 amide bonds. The zero-order valence-electron chi connectivity index (χ0n) is 20.5. The summed E-state index contributed by atoms with van der Waals surface area (Å²) in [7, 11) is -4.33. The van der Waals surface area contributed by atoms with Crippen LogP contribution in [0.5, 0.6) is 0 Å². The second-order valence-corrected chi connectivity index (χ2v) is 9.73. The summed E-state index contributed by atoms with van der Waals surface area (Å²) in [4.78, 5) is 12.2. The quantitative estimate of drug-likeness (QED) is 0.118. The van der Waals surface area contributed by atoms with Crippen molar-refractivity contribution in [1.29, 1.82) is 0 Å². The van der Waals surface area contributed by atoms with E-state index in [9.17, 15) is 18.3 Å². The number of allylic oxidation sites excluding steroid dienone is 7. The van der Waals surface area contributed by atoms with Gasteiger partial charge in [-0.15, -0.1) is 0 Å². The van der Waals surface area contributed by atoms with Crippen LogP contribution >= 0.6 is 0 Å². The summed E-state index contributed by atoms with van der Waals surface area (Å²) in [5.41, 5.74) is 0. The number of carbonyl (C=O) groups excluding carboxylic acids is 1. The molecule has 0 bridgehead atoms. The number of aliphatic hydroxyl groups is 1. The zero-order chi connectivity index (χ0) is 24.8. The Morgan fingerprint density at radius 3 is 2.09 bits per heavy atom. The van der Waals surface area contributed by atoms with E-state index >= 15 is 0 Å². The molecule has 0 saturated carbocycles. The van der Waals surface area contributed by atoms with E-state index in [4.69, 9.17) is 4.55 Å². The summed E-state index contributed by atoms with van der Waals surface area (Å²) < 4.78 is 31.7. The number of carbonyl (C=O) groups is 1. The van der Waals surface area contributed by atoms with Gasteiger partial charge in [0.05, 0.1) is 17.9 Å². The highest BCUT2D eigenvalue weighted by Crippen LogP contribution is 2.07. The third-order valence-electron chi connectivity index (χ3n) is 5.01. The monoisotopic (exact) mass is 483 g/mol. The average Bonchev–Trinajstić information content (AvgIpc) is 2.75. The lowest BCUT2D eigenvalue weighted by molar-refractivity contribution is -0.122. The molecule has 6 nitrogen and oxygen atoms in total. The van der Waals surface area contributed by atoms with Crippen LogP contribution in [0.3, 0.4) is 0 Å². The third kappa shape index (κ3) is 21.9. The fourth-order valence-corrected chi connectivity index (χ4v) is 3.90. The molecular formula is C26H45NO5S. The van der Waals surface area contributed by atoms with Gasteiger partial charge in [0, 0.05) is 6.42 Å². The van der Waals surface area contributed by atoms with Crippen LogP contribution in [0.25, 0.3) is 0 Å². The van der Waals surface area contributed by atoms with Gasteiger partial charge in [-0.3, -0.25) is 9.35 Å². The number of nitrogens with one attached hydrogen (secondary N) is 1. The Labute approximate surface area is 201 Å². The van der Waals surface area contributed by atoms with Crippen molar-refractivity contribution in [2.24, 2.45) is 0 Å². The van der Waals surface area contributed by atoms with Gasteiger partial charge in [0.2, 0.25) is 5.91 Å². The van der Waals surface area contributed by atoms with Crippen LogP contribution in [0.4, 0.5) is 0 Å². The molecule has 2 unspecified atom stereocenters. The molecule has 190 valence electrons. The average molecular weight is 484 g/mol. The van der Waals surface area contributed by atoms with Crippen LogP contribution < -0.4 is 5.32 Å². The Hall–Kier alpha value is -1.70. The highest BCUT2D eigenvalue weighted by atomic mass is 32.2. The molecule has 0 fully saturated rings. The van der Waals surface area contributed by atoms with Gasteiger partial charge in [-0.25, -0.2) is 0 Å². The fraction of sp³-hybridized carbons (Fsp3) is 0.654. The summed E-state index contributed by atoms with van der Waals surface area (Å²) in [6.07, 6.45) is 25.7. The number of amides is 1. The molecule has 0 aromatic carbocycles. The number of unbranched alkanes of at least 4 members (excludes halogenated alkanes) is 6. The maximum atomic E-state index is 12.2. The molecule has 0 aromatic heterocycles. The van der Waals surface area contributed by atoms with Crippen molar-refractivity contribution >= 4 is 16.0 Å². The predicted molar refractivity (Wildman–Crippen MR) is 138 cm³/mol. The second-order valence-electron chi connectivity index (χ2n) is 8.23. The van der Waals surface area contributed by atoms with Gasteiger partial charge >= 0.3 is 0 Å². The molecule has 0 aromatic rings. The first kappa shape index (κ1) is 31.3. The van der Waals surface area contributed by atoms with Crippen LogP contribution in [0.15, 0.2) is 48.6 Å². The molecule has 0 heterocycles. The van der Waals surface area contributed by atoms with Crippen LogP contribution in [-0.2, 0) is 14.9 Å². The first-order valence-electron chi connectivity index (χ1n) is 12.3. The molecule has 0 saturated heterocycles. The molecule has 2 atom stereocenters. The molecule has 0 radical (unpaired) electrons. The standard InChI is InChI=1S/C26H45NO5S/c1-3-5-7-9-10-11-12-13-14-15-16-18-20-22-26(29)27-24(23-33(30,31)32)25(28)21-19-17-8-6-4-2/h5,7,10-11,13-14,19,21,24-25,28H,3-4,6,8-9,12,15-18,20,22-23H2,1-2H3,(H,27,29)(H,30,31,32)/b7-5-,11-10-,14-13-,21-19+. The Morgan fingerprint density at radius 2 is 1.45 bits per heavy atom. The van der Waals surface area contributed by atoms with E-state index in [0.29, 0.717) is 6.42 Å². The minimum Gasteiger partial charge on any atom is -0.387 e. The van der Waals surface area contributed by atoms with Gasteiger partial charge in [0.1, 0.15) is 0 Å². The normalized spacial score (nSPS) is 14.7. The topological polar surface area (TPSA) is 104 Å². The molecule has 0 aliphatic heterocycles. The Kier molecular flexibility index (Phi) is 19.8. The first-order valence-corrected chi connectivity index (χ1v) is 13.9. The number of rotatable bonds is 20. The third-order valence-corrected chi connectivity index (χ3v) is 5.79. The summed E-state index contributed by atoms with van der Waals surface area (Å²) in [5, 5.41) is 12.8. The van der Waals surface area contributed by atoms with E-state index < -0.39 is 28.0 Å². The van der Waals surface area contributed by atoms with Gasteiger partial charge in [-0.2, -0.15) is 8.42 Å². The molecule has 7 heteroatoms. The van der Waals surface area contributed by atoms with E-state index in [-0.39, 0.29) is 12.3 Å². The van der Waals surface area contributed by atoms with Crippen LogP contribution in [0.2, 0.25) is 0 Å². The minimum absolute atomic E-state index is 0.257. The molecule has 3 N–H and O–H groups in total. The number of aliphatic hydroxyl groups excluding tert-OH is 1. The largest absolute Gasteiger partial charge is 0.387 e. The smallest absolute Gasteiger partial charge is 0.267 e. The van der Waals surface area contributed by atoms with Gasteiger partial charge in [0.25, 0.3) is 10.1 Å². The van der Waals surface area contributed by atoms with E-state index in [1.165, 1.54) is 6.08 Å². The summed E-state index contributed by atoms with van der Waals surface area (Å²) >= 11 is 0. The van der Waals surface area contributed by atoms with Crippen molar-refractivity contribution < 1.29 is 22.9 Å². The fourth-order valence-electron chi connectivity index (χ4n) is 3.16. The molecule has 0 aliphatic carbocycles. The molecule has 0 spiro atoms. The molecule has 0 rings (SSSR count). The van der Waals surface area contributed by atoms with Crippen molar-refractivity contribution in [1.82, 2.24) is 5.32 Å². The SMILES string of the molecule is CC/C=C\C/C=C\C/C=C\CCCCCC(=O)NC(CS(=O)(=O)O)C(O)/C=C/CCCCC. The van der Waals surface area contributed by atoms with Crippen molar-refractivity contribution in [3.63, 3.8) is 0 Å². The van der Waals surface area contributed by atoms with Crippen LogP contribution in [0.1, 0.15) is 90.9 Å². The number of hydrogen-bond donors (Lipinski definition) is 3. The summed E-state index contributed by atoms with van der Waals surface area (Å²) in [6.45, 7) is 4.22. The van der Waals surface area contributed by atoms with E-state index in [0.717, 1.165) is 64.2 Å². The highest BCUT2D eigenvalue weighted by Gasteiger charge is 2.24. The summed E-state index contributed by atoms with van der Waals surface area (Å²) in [5.74, 6) is -1.03. The maximum Gasteiger partial charge on any atom is 0.267 e. The Bertz CT molecular complexity index is 710. The second kappa shape index (κ2) is 20.9. The molecular weight excluding hydrogens is 438 g/mol. The lowest BCUT2D eigenvalue weighted by atomic mass is 10.1.